The smallest absolute Gasteiger partial charge is 0.341 e. The van der Waals surface area contributed by atoms with Crippen LogP contribution in [0.15, 0.2) is 23.1 Å². The van der Waals surface area contributed by atoms with Crippen molar-refractivity contribution in [2.75, 3.05) is 37.6 Å². The molecular weight excluding hydrogens is 459 g/mol. The van der Waals surface area contributed by atoms with Crippen molar-refractivity contribution in [3.63, 3.8) is 0 Å². The fourth-order valence-corrected chi connectivity index (χ4v) is 4.44. The summed E-state index contributed by atoms with van der Waals surface area (Å²) in [6.07, 6.45) is 5.23. The summed E-state index contributed by atoms with van der Waals surface area (Å²) in [6, 6.07) is 2.63. The van der Waals surface area contributed by atoms with E-state index in [0.717, 1.165) is 25.3 Å². The second kappa shape index (κ2) is 10.3. The van der Waals surface area contributed by atoms with E-state index in [2.05, 4.69) is 5.32 Å². The Hall–Kier alpha value is -3.63. The van der Waals surface area contributed by atoms with Crippen LogP contribution in [0.1, 0.15) is 54.9 Å². The standard InChI is InChI=1S/C24H29FN4O6/c25-18-12-16-19(29(15-5-6-15)14-17(22(16)32)23(33)34)13-20(18)27-8-10-28(11-9-27)24(35)26-7-3-1-2-4-21(30)31/h12-15H,1-11H2,(H,26,35)(H,30,31)(H,33,34). The first kappa shape index (κ1) is 24.5. The van der Waals surface area contributed by atoms with Crippen LogP contribution in [0.4, 0.5) is 14.9 Å². The number of halogens is 1. The minimum absolute atomic E-state index is 0.0550. The predicted octanol–water partition coefficient (Wildman–Crippen LogP) is 2.65. The van der Waals surface area contributed by atoms with E-state index in [1.807, 2.05) is 4.90 Å². The van der Waals surface area contributed by atoms with Crippen LogP contribution in [0.3, 0.4) is 0 Å². The summed E-state index contributed by atoms with van der Waals surface area (Å²) in [4.78, 5) is 50.6. The van der Waals surface area contributed by atoms with Crippen LogP contribution in [0, 0.1) is 5.82 Å². The third-order valence-corrected chi connectivity index (χ3v) is 6.52. The number of unbranched alkanes of at least 4 members (excludes halogenated alkanes) is 2. The van der Waals surface area contributed by atoms with E-state index in [9.17, 15) is 24.3 Å². The number of benzene rings is 1. The minimum atomic E-state index is -1.33. The van der Waals surface area contributed by atoms with Crippen LogP contribution in [0.5, 0.6) is 0 Å². The van der Waals surface area contributed by atoms with Crippen molar-refractivity contribution in [1.29, 1.82) is 0 Å². The number of carboxylic acids is 2. The molecule has 2 aliphatic rings. The summed E-state index contributed by atoms with van der Waals surface area (Å²) in [6.45, 7) is 2.09. The van der Waals surface area contributed by atoms with Gasteiger partial charge in [0.25, 0.3) is 0 Å². The van der Waals surface area contributed by atoms with Crippen molar-refractivity contribution < 1.29 is 29.0 Å². The average molecular weight is 489 g/mol. The van der Waals surface area contributed by atoms with Gasteiger partial charge in [-0.3, -0.25) is 9.59 Å². The number of hydrogen-bond acceptors (Lipinski definition) is 5. The second-order valence-corrected chi connectivity index (χ2v) is 9.05. The number of hydrogen-bond donors (Lipinski definition) is 3. The summed E-state index contributed by atoms with van der Waals surface area (Å²) in [5.41, 5.74) is -0.216. The Morgan fingerprint density at radius 1 is 1.03 bits per heavy atom. The molecule has 1 saturated heterocycles. The lowest BCUT2D eigenvalue weighted by molar-refractivity contribution is -0.137. The van der Waals surface area contributed by atoms with Crippen LogP contribution in [0.2, 0.25) is 0 Å². The largest absolute Gasteiger partial charge is 0.481 e. The van der Waals surface area contributed by atoms with Gasteiger partial charge < -0.3 is 29.9 Å². The highest BCUT2D eigenvalue weighted by atomic mass is 19.1. The van der Waals surface area contributed by atoms with Crippen LogP contribution in [0.25, 0.3) is 10.9 Å². The number of urea groups is 1. The number of carbonyl (C=O) groups excluding carboxylic acids is 1. The first-order chi connectivity index (χ1) is 16.8. The number of aromatic carboxylic acids is 1. The van der Waals surface area contributed by atoms with Crippen molar-refractivity contribution in [3.8, 4) is 0 Å². The highest BCUT2D eigenvalue weighted by Gasteiger charge is 2.29. The molecule has 3 N–H and O–H groups in total. The van der Waals surface area contributed by atoms with Gasteiger partial charge in [0, 0.05) is 56.8 Å². The molecule has 0 spiro atoms. The molecule has 1 aliphatic heterocycles. The summed E-state index contributed by atoms with van der Waals surface area (Å²) in [5, 5.41) is 20.9. The molecule has 10 nitrogen and oxygen atoms in total. The Bertz CT molecular complexity index is 1200. The predicted molar refractivity (Wildman–Crippen MR) is 127 cm³/mol. The van der Waals surface area contributed by atoms with Crippen molar-refractivity contribution >= 4 is 34.6 Å². The number of nitrogens with one attached hydrogen (secondary N) is 1. The van der Waals surface area contributed by atoms with Gasteiger partial charge in [-0.15, -0.1) is 0 Å². The number of anilines is 1. The monoisotopic (exact) mass is 488 g/mol. The second-order valence-electron chi connectivity index (χ2n) is 9.05. The molecule has 0 atom stereocenters. The molecule has 1 saturated carbocycles. The summed E-state index contributed by atoms with van der Waals surface area (Å²) in [5.74, 6) is -2.75. The Morgan fingerprint density at radius 3 is 2.37 bits per heavy atom. The van der Waals surface area contributed by atoms with Crippen molar-refractivity contribution in [2.45, 2.75) is 44.6 Å². The third kappa shape index (κ3) is 5.55. The Balaban J connectivity index is 1.41. The number of amides is 2. The van der Waals surface area contributed by atoms with E-state index in [1.165, 1.54) is 6.20 Å². The number of carbonyl (C=O) groups is 3. The molecule has 2 fully saturated rings. The van der Waals surface area contributed by atoms with E-state index in [-0.39, 0.29) is 29.4 Å². The number of aliphatic carboxylic acids is 1. The summed E-state index contributed by atoms with van der Waals surface area (Å²) < 4.78 is 16.8. The van der Waals surface area contributed by atoms with Crippen molar-refractivity contribution in [1.82, 2.24) is 14.8 Å². The Kier molecular flexibility index (Phi) is 7.23. The van der Waals surface area contributed by atoms with Crippen LogP contribution in [-0.2, 0) is 4.79 Å². The maximum Gasteiger partial charge on any atom is 0.341 e. The minimum Gasteiger partial charge on any atom is -0.481 e. The molecular formula is C24H29FN4O6. The summed E-state index contributed by atoms with van der Waals surface area (Å²) >= 11 is 0. The lowest BCUT2D eigenvalue weighted by Crippen LogP contribution is -2.52. The Labute approximate surface area is 200 Å². The molecule has 1 aromatic heterocycles. The first-order valence-electron chi connectivity index (χ1n) is 11.9. The normalized spacial score (nSPS) is 15.9. The molecule has 0 unspecified atom stereocenters. The van der Waals surface area contributed by atoms with Gasteiger partial charge in [0.1, 0.15) is 11.4 Å². The lowest BCUT2D eigenvalue weighted by Gasteiger charge is -2.36. The van der Waals surface area contributed by atoms with Gasteiger partial charge in [-0.25, -0.2) is 14.0 Å². The molecule has 0 radical (unpaired) electrons. The third-order valence-electron chi connectivity index (χ3n) is 6.52. The molecule has 35 heavy (non-hydrogen) atoms. The molecule has 0 bridgehead atoms. The van der Waals surface area contributed by atoms with Crippen LogP contribution in [-0.4, -0.2) is 70.4 Å². The number of carboxylic acid groups (broad SMARTS) is 2. The van der Waals surface area contributed by atoms with Gasteiger partial charge in [-0.05, 0) is 37.8 Å². The number of rotatable bonds is 9. The number of piperazine rings is 1. The van der Waals surface area contributed by atoms with Gasteiger partial charge in [-0.1, -0.05) is 6.42 Å². The van der Waals surface area contributed by atoms with E-state index in [0.29, 0.717) is 56.8 Å². The number of pyridine rings is 1. The highest BCUT2D eigenvalue weighted by Crippen LogP contribution is 2.38. The van der Waals surface area contributed by atoms with Crippen molar-refractivity contribution in [3.05, 3.63) is 39.9 Å². The fourth-order valence-electron chi connectivity index (χ4n) is 4.44. The van der Waals surface area contributed by atoms with Gasteiger partial charge >= 0.3 is 18.0 Å². The van der Waals surface area contributed by atoms with E-state index >= 15 is 4.39 Å². The zero-order valence-corrected chi connectivity index (χ0v) is 19.3. The molecule has 11 heteroatoms. The highest BCUT2D eigenvalue weighted by molar-refractivity contribution is 5.93. The fraction of sp³-hybridized carbons (Fsp3) is 0.500. The molecule has 1 aromatic carbocycles. The van der Waals surface area contributed by atoms with Crippen LogP contribution >= 0.6 is 0 Å². The topological polar surface area (TPSA) is 132 Å². The summed E-state index contributed by atoms with van der Waals surface area (Å²) in [7, 11) is 0. The van der Waals surface area contributed by atoms with Gasteiger partial charge in [0.2, 0.25) is 5.43 Å². The average Bonchev–Trinajstić information content (AvgIpc) is 3.66. The van der Waals surface area contributed by atoms with E-state index < -0.39 is 23.2 Å². The molecule has 2 amide bonds. The van der Waals surface area contributed by atoms with Gasteiger partial charge in [0.15, 0.2) is 0 Å². The number of fused-ring (bicyclic) bond motifs is 1. The van der Waals surface area contributed by atoms with Gasteiger partial charge in [-0.2, -0.15) is 0 Å². The quantitative estimate of drug-likeness (QED) is 0.462. The lowest BCUT2D eigenvalue weighted by atomic mass is 10.1. The molecule has 188 valence electrons. The van der Waals surface area contributed by atoms with Crippen LogP contribution < -0.4 is 15.6 Å². The molecule has 1 aliphatic carbocycles. The number of nitrogens with zero attached hydrogens (tertiary/aromatic N) is 3. The maximum absolute atomic E-state index is 15.1. The maximum atomic E-state index is 15.1. The zero-order valence-electron chi connectivity index (χ0n) is 19.3. The van der Waals surface area contributed by atoms with Crippen molar-refractivity contribution in [2.24, 2.45) is 0 Å². The number of aromatic nitrogens is 1. The molecule has 4 rings (SSSR count). The van der Waals surface area contributed by atoms with Gasteiger partial charge in [0.05, 0.1) is 11.2 Å². The first-order valence-corrected chi connectivity index (χ1v) is 11.9. The molecule has 2 aromatic rings. The van der Waals surface area contributed by atoms with E-state index in [1.54, 1.807) is 15.5 Å². The zero-order chi connectivity index (χ0) is 25.1. The van der Waals surface area contributed by atoms with E-state index in [4.69, 9.17) is 5.11 Å². The Morgan fingerprint density at radius 2 is 1.74 bits per heavy atom. The molecule has 2 heterocycles. The SMILES string of the molecule is O=C(O)CCCCCNC(=O)N1CCN(c2cc3c(cc2F)c(=O)c(C(=O)O)cn3C2CC2)CC1.